The molecule has 0 radical (unpaired) electrons. The summed E-state index contributed by atoms with van der Waals surface area (Å²) in [6, 6.07) is 12.7. The van der Waals surface area contributed by atoms with Gasteiger partial charge in [-0.25, -0.2) is 9.59 Å². The van der Waals surface area contributed by atoms with E-state index in [0.717, 1.165) is 19.2 Å². The molecule has 244 valence electrons. The number of methoxy groups -OCH3 is 1. The van der Waals surface area contributed by atoms with E-state index in [4.69, 9.17) is 42.1 Å². The van der Waals surface area contributed by atoms with Crippen LogP contribution in [0, 0.1) is 3.57 Å². The van der Waals surface area contributed by atoms with Gasteiger partial charge in [-0.1, -0.05) is 35.3 Å². The lowest BCUT2D eigenvalue weighted by Crippen LogP contribution is -2.45. The van der Waals surface area contributed by atoms with E-state index in [2.05, 4.69) is 59.7 Å². The van der Waals surface area contributed by atoms with Crippen LogP contribution in [0.15, 0.2) is 69.4 Å². The molecule has 0 unspecified atom stereocenters. The van der Waals surface area contributed by atoms with Crippen LogP contribution >= 0.6 is 61.7 Å². The Balaban J connectivity index is 1.37. The molecule has 1 aliphatic heterocycles. The molecule has 0 fully saturated rings. The summed E-state index contributed by atoms with van der Waals surface area (Å²) in [6.45, 7) is 3.87. The van der Waals surface area contributed by atoms with Crippen molar-refractivity contribution in [3.05, 3.63) is 94.6 Å². The summed E-state index contributed by atoms with van der Waals surface area (Å²) in [5, 5.41) is 21.0. The average Bonchev–Trinajstić information content (AvgIpc) is 3.00. The normalized spacial score (nSPS) is 15.2. The number of carbonyl (C=O) groups is 2. The summed E-state index contributed by atoms with van der Waals surface area (Å²) in [5.41, 5.74) is 5.43. The van der Waals surface area contributed by atoms with Gasteiger partial charge in [0.25, 0.3) is 0 Å². The zero-order chi connectivity index (χ0) is 33.4. The van der Waals surface area contributed by atoms with Gasteiger partial charge in [-0.2, -0.15) is 5.10 Å². The number of halogens is 4. The smallest absolute Gasteiger partial charge is 0.337 e. The van der Waals surface area contributed by atoms with Gasteiger partial charge in [0.15, 0.2) is 17.7 Å². The quantitative estimate of drug-likeness (QED) is 0.0506. The fourth-order valence-electron chi connectivity index (χ4n) is 4.40. The van der Waals surface area contributed by atoms with Gasteiger partial charge >= 0.3 is 12.0 Å². The van der Waals surface area contributed by atoms with Crippen molar-refractivity contribution in [3.63, 3.8) is 0 Å². The molecule has 1 heterocycles. The van der Waals surface area contributed by atoms with Gasteiger partial charge in [-0.3, -0.25) is 5.43 Å². The second kappa shape index (κ2) is 16.5. The van der Waals surface area contributed by atoms with Crippen LogP contribution in [0.3, 0.4) is 0 Å². The number of hydrogen-bond donors (Lipinski definition) is 4. The van der Waals surface area contributed by atoms with Gasteiger partial charge in [0.05, 0.1) is 39.6 Å². The Hall–Kier alpha value is -3.24. The first kappa shape index (κ1) is 35.6. The minimum Gasteiger partial charge on any atom is -0.490 e. The van der Waals surface area contributed by atoms with Crippen molar-refractivity contribution in [2.75, 3.05) is 20.3 Å². The third kappa shape index (κ3) is 9.18. The highest BCUT2D eigenvalue weighted by Gasteiger charge is 2.32. The van der Waals surface area contributed by atoms with E-state index >= 15 is 0 Å². The molecule has 0 spiro atoms. The van der Waals surface area contributed by atoms with Gasteiger partial charge in [0, 0.05) is 21.3 Å². The fraction of sp³-hybridized carbons (Fsp3) is 0.258. The van der Waals surface area contributed by atoms with Crippen LogP contribution in [0.1, 0.15) is 36.6 Å². The van der Waals surface area contributed by atoms with E-state index in [-0.39, 0.29) is 18.8 Å². The number of allylic oxidation sites excluding steroid dienone is 1. The number of hydrazone groups is 1. The number of carbonyl (C=O) groups excluding carboxylic acids is 2. The van der Waals surface area contributed by atoms with E-state index in [1.54, 1.807) is 43.5 Å². The summed E-state index contributed by atoms with van der Waals surface area (Å²) in [4.78, 5) is 24.6. The molecule has 0 saturated heterocycles. The number of rotatable bonds is 13. The topological polar surface area (TPSA) is 140 Å². The predicted molar refractivity (Wildman–Crippen MR) is 187 cm³/mol. The Morgan fingerprint density at radius 3 is 2.63 bits per heavy atom. The number of hydrogen-bond acceptors (Lipinski definition) is 9. The molecule has 4 N–H and O–H groups in total. The zero-order valence-electron chi connectivity index (χ0n) is 24.8. The van der Waals surface area contributed by atoms with Gasteiger partial charge < -0.3 is 34.7 Å². The Morgan fingerprint density at radius 2 is 1.93 bits per heavy atom. The highest BCUT2D eigenvalue weighted by atomic mass is 127. The van der Waals surface area contributed by atoms with Crippen LogP contribution in [-0.4, -0.2) is 49.9 Å². The molecular weight excluding hydrogens is 818 g/mol. The summed E-state index contributed by atoms with van der Waals surface area (Å²) in [7, 11) is 1.27. The van der Waals surface area contributed by atoms with E-state index in [0.29, 0.717) is 45.2 Å². The molecule has 2 atom stereocenters. The third-order valence-corrected chi connectivity index (χ3v) is 8.49. The number of nitrogens with zero attached hydrogens (tertiary/aromatic N) is 1. The molecule has 0 bridgehead atoms. The number of esters is 1. The lowest BCUT2D eigenvalue weighted by Gasteiger charge is -2.28. The average molecular weight is 848 g/mol. The zero-order valence-corrected chi connectivity index (χ0v) is 30.1. The lowest BCUT2D eigenvalue weighted by atomic mass is 9.95. The van der Waals surface area contributed by atoms with Crippen LogP contribution in [-0.2, 0) is 16.1 Å². The highest BCUT2D eigenvalue weighted by molar-refractivity contribution is 14.1. The largest absolute Gasteiger partial charge is 0.490 e. The Morgan fingerprint density at radius 1 is 1.15 bits per heavy atom. The number of aliphatic hydroxyl groups excluding tert-OH is 1. The molecule has 15 heteroatoms. The van der Waals surface area contributed by atoms with E-state index in [1.165, 1.54) is 7.11 Å². The van der Waals surface area contributed by atoms with Crippen LogP contribution in [0.2, 0.25) is 10.0 Å². The van der Waals surface area contributed by atoms with Crippen LogP contribution in [0.4, 0.5) is 4.79 Å². The molecular formula is C31H30BrCl2IN4O7. The van der Waals surface area contributed by atoms with Crippen LogP contribution in [0.5, 0.6) is 17.2 Å². The fourth-order valence-corrected chi connectivity index (χ4v) is 6.63. The van der Waals surface area contributed by atoms with Crippen molar-refractivity contribution in [3.8, 4) is 17.2 Å². The maximum Gasteiger partial charge on any atom is 0.337 e. The van der Waals surface area contributed by atoms with Crippen molar-refractivity contribution in [1.29, 1.82) is 0 Å². The minimum atomic E-state index is -1.15. The van der Waals surface area contributed by atoms with Crippen molar-refractivity contribution < 1.29 is 33.6 Å². The first-order valence-corrected chi connectivity index (χ1v) is 16.4. The van der Waals surface area contributed by atoms with Crippen molar-refractivity contribution >= 4 is 79.9 Å². The second-order valence-electron chi connectivity index (χ2n) is 9.75. The number of urea groups is 1. The Labute approximate surface area is 297 Å². The molecule has 3 aromatic carbocycles. The first-order valence-electron chi connectivity index (χ1n) is 13.8. The summed E-state index contributed by atoms with van der Waals surface area (Å²) < 4.78 is 24.0. The summed E-state index contributed by atoms with van der Waals surface area (Å²) >= 11 is 17.9. The molecule has 46 heavy (non-hydrogen) atoms. The number of nitrogens with one attached hydrogen (secondary N) is 3. The molecule has 0 aromatic heterocycles. The summed E-state index contributed by atoms with van der Waals surface area (Å²) in [6.07, 6.45) is 0.401. The standard InChI is InChI=1S/C31H30BrCl2IN4O7/c1-4-44-25-11-18(28-27(30(41)43-3)16(2)37-31(42)38-28)6-8-24(25)45-15-26(40)39-36-13-17-9-21(32)29(23(35)10-17)46-14-19-5-7-20(33)12-22(19)34/h5-13,26,28,39-40H,4,14-15H2,1-3H3,(H2,37,38,42)/b36-13-/t26-,28+/m0/s1. The van der Waals surface area contributed by atoms with E-state index in [9.17, 15) is 14.7 Å². The predicted octanol–water partition coefficient (Wildman–Crippen LogP) is 6.46. The third-order valence-electron chi connectivity index (χ3n) is 6.52. The van der Waals surface area contributed by atoms with Gasteiger partial charge in [-0.15, -0.1) is 0 Å². The first-order chi connectivity index (χ1) is 22.0. The monoisotopic (exact) mass is 846 g/mol. The lowest BCUT2D eigenvalue weighted by molar-refractivity contribution is -0.136. The molecule has 2 amide bonds. The van der Waals surface area contributed by atoms with Crippen molar-refractivity contribution in [1.82, 2.24) is 16.1 Å². The maximum absolute atomic E-state index is 12.5. The highest BCUT2D eigenvalue weighted by Crippen LogP contribution is 2.35. The second-order valence-corrected chi connectivity index (χ2v) is 12.6. The molecule has 0 saturated carbocycles. The van der Waals surface area contributed by atoms with Crippen molar-refractivity contribution in [2.24, 2.45) is 5.10 Å². The Bertz CT molecular complexity index is 1650. The summed E-state index contributed by atoms with van der Waals surface area (Å²) in [5.74, 6) is 0.792. The minimum absolute atomic E-state index is 0.158. The van der Waals surface area contributed by atoms with E-state index < -0.39 is 24.3 Å². The molecule has 3 aromatic rings. The Kier molecular flexibility index (Phi) is 12.8. The number of ether oxygens (including phenoxy) is 4. The molecule has 1 aliphatic rings. The number of amides is 2. The van der Waals surface area contributed by atoms with Crippen LogP contribution in [0.25, 0.3) is 0 Å². The SMILES string of the molecule is CCOc1cc([C@H]2NC(=O)NC(C)=C2C(=O)OC)ccc1OC[C@H](O)N/N=C\c1cc(Br)c(OCc2ccc(Cl)cc2Cl)c(I)c1. The van der Waals surface area contributed by atoms with Gasteiger partial charge in [0.2, 0.25) is 0 Å². The number of aliphatic hydroxyl groups is 1. The molecule has 11 nitrogen and oxygen atoms in total. The molecule has 4 rings (SSSR count). The molecule has 0 aliphatic carbocycles. The number of benzene rings is 3. The maximum atomic E-state index is 12.5. The van der Waals surface area contributed by atoms with Gasteiger partial charge in [-0.05, 0) is 99.9 Å². The van der Waals surface area contributed by atoms with Crippen molar-refractivity contribution in [2.45, 2.75) is 32.7 Å². The van der Waals surface area contributed by atoms with E-state index in [1.807, 2.05) is 25.1 Å². The van der Waals surface area contributed by atoms with Crippen LogP contribution < -0.4 is 30.3 Å². The van der Waals surface area contributed by atoms with Gasteiger partial charge in [0.1, 0.15) is 19.0 Å².